The molecule has 3 rings (SSSR count). The maximum Gasteiger partial charge on any atom is 0.240 e. The average Bonchev–Trinajstić information content (AvgIpc) is 2.63. The number of nitrogen functional groups attached to an aromatic ring is 1. The molecule has 0 spiro atoms. The standard InChI is InChI=1S/C20H21N5/c1-14-19(22-20(21)24-23-14)13-10-15-6-4-5-7-18(15)16-8-11-17(12-9-16)25(2)3/h4-13H,1-3H3,(H2,21,22,24)/b13-10-. The largest absolute Gasteiger partial charge is 0.378 e. The summed E-state index contributed by atoms with van der Waals surface area (Å²) in [5.41, 5.74) is 11.7. The number of hydrogen-bond acceptors (Lipinski definition) is 5. The van der Waals surface area contributed by atoms with Crippen molar-refractivity contribution < 1.29 is 0 Å². The van der Waals surface area contributed by atoms with Gasteiger partial charge in [-0.05, 0) is 41.8 Å². The topological polar surface area (TPSA) is 67.9 Å². The molecule has 0 radical (unpaired) electrons. The highest BCUT2D eigenvalue weighted by molar-refractivity contribution is 5.81. The second-order valence-corrected chi connectivity index (χ2v) is 6.00. The summed E-state index contributed by atoms with van der Waals surface area (Å²) in [5.74, 6) is 0.179. The predicted molar refractivity (Wildman–Crippen MR) is 104 cm³/mol. The second-order valence-electron chi connectivity index (χ2n) is 6.00. The summed E-state index contributed by atoms with van der Waals surface area (Å²) in [4.78, 5) is 6.32. The van der Waals surface area contributed by atoms with Crippen LogP contribution in [0.1, 0.15) is 17.0 Å². The number of rotatable bonds is 4. The van der Waals surface area contributed by atoms with E-state index in [-0.39, 0.29) is 5.95 Å². The number of anilines is 2. The molecule has 0 amide bonds. The Morgan fingerprint density at radius 2 is 1.64 bits per heavy atom. The van der Waals surface area contributed by atoms with Crippen molar-refractivity contribution >= 4 is 23.8 Å². The lowest BCUT2D eigenvalue weighted by Gasteiger charge is -2.13. The third kappa shape index (κ3) is 3.83. The number of aromatic nitrogens is 3. The summed E-state index contributed by atoms with van der Waals surface area (Å²) in [6.45, 7) is 1.87. The molecule has 126 valence electrons. The summed E-state index contributed by atoms with van der Waals surface area (Å²) in [7, 11) is 4.07. The molecule has 1 heterocycles. The Labute approximate surface area is 147 Å². The SMILES string of the molecule is Cc1nnc(N)nc1/C=C\c1ccccc1-c1ccc(N(C)C)cc1. The van der Waals surface area contributed by atoms with Gasteiger partial charge in [0.05, 0.1) is 11.4 Å². The zero-order valence-corrected chi connectivity index (χ0v) is 14.6. The molecule has 0 fully saturated rings. The monoisotopic (exact) mass is 331 g/mol. The molecule has 1 aromatic heterocycles. The molecular weight excluding hydrogens is 310 g/mol. The summed E-state index contributed by atoms with van der Waals surface area (Å²) in [6, 6.07) is 16.8. The van der Waals surface area contributed by atoms with Crippen molar-refractivity contribution in [3.8, 4) is 11.1 Å². The zero-order valence-electron chi connectivity index (χ0n) is 14.6. The van der Waals surface area contributed by atoms with Crippen LogP contribution in [0.5, 0.6) is 0 Å². The van der Waals surface area contributed by atoms with Crippen LogP contribution in [0.25, 0.3) is 23.3 Å². The van der Waals surface area contributed by atoms with Gasteiger partial charge in [0.25, 0.3) is 0 Å². The third-order valence-corrected chi connectivity index (χ3v) is 3.98. The summed E-state index contributed by atoms with van der Waals surface area (Å²) < 4.78 is 0. The summed E-state index contributed by atoms with van der Waals surface area (Å²) in [6.07, 6.45) is 3.96. The Kier molecular flexibility index (Phi) is 4.75. The Morgan fingerprint density at radius 3 is 2.36 bits per heavy atom. The van der Waals surface area contributed by atoms with Gasteiger partial charge in [-0.1, -0.05) is 42.5 Å². The maximum absolute atomic E-state index is 5.63. The van der Waals surface area contributed by atoms with Crippen LogP contribution in [0.4, 0.5) is 11.6 Å². The van der Waals surface area contributed by atoms with Crippen LogP contribution in [-0.2, 0) is 0 Å². The van der Waals surface area contributed by atoms with E-state index in [0.29, 0.717) is 0 Å². The van der Waals surface area contributed by atoms with Crippen molar-refractivity contribution in [2.75, 3.05) is 24.7 Å². The van der Waals surface area contributed by atoms with E-state index >= 15 is 0 Å². The average molecular weight is 331 g/mol. The van der Waals surface area contributed by atoms with Gasteiger partial charge >= 0.3 is 0 Å². The fraction of sp³-hybridized carbons (Fsp3) is 0.150. The third-order valence-electron chi connectivity index (χ3n) is 3.98. The smallest absolute Gasteiger partial charge is 0.240 e. The minimum Gasteiger partial charge on any atom is -0.378 e. The Bertz CT molecular complexity index is 898. The van der Waals surface area contributed by atoms with Crippen molar-refractivity contribution in [3.05, 3.63) is 65.5 Å². The lowest BCUT2D eigenvalue weighted by Crippen LogP contribution is -2.07. The lowest BCUT2D eigenvalue weighted by atomic mass is 9.99. The molecule has 0 aliphatic carbocycles. The molecule has 3 aromatic rings. The normalized spacial score (nSPS) is 11.0. The first-order valence-electron chi connectivity index (χ1n) is 8.06. The van der Waals surface area contributed by atoms with E-state index < -0.39 is 0 Å². The quantitative estimate of drug-likeness (QED) is 0.790. The highest BCUT2D eigenvalue weighted by Gasteiger charge is 2.04. The van der Waals surface area contributed by atoms with Crippen molar-refractivity contribution in [1.82, 2.24) is 15.2 Å². The number of nitrogens with zero attached hydrogens (tertiary/aromatic N) is 4. The predicted octanol–water partition coefficient (Wildman–Crippen LogP) is 3.67. The number of hydrogen-bond donors (Lipinski definition) is 1. The number of nitrogens with two attached hydrogens (primary N) is 1. The van der Waals surface area contributed by atoms with E-state index in [2.05, 4.69) is 56.5 Å². The second kappa shape index (κ2) is 7.13. The lowest BCUT2D eigenvalue weighted by molar-refractivity contribution is 0.932. The highest BCUT2D eigenvalue weighted by atomic mass is 15.2. The van der Waals surface area contributed by atoms with Gasteiger partial charge < -0.3 is 10.6 Å². The van der Waals surface area contributed by atoms with Crippen LogP contribution in [0.2, 0.25) is 0 Å². The molecule has 0 atom stereocenters. The van der Waals surface area contributed by atoms with Gasteiger partial charge in [-0.25, -0.2) is 4.98 Å². The van der Waals surface area contributed by atoms with Gasteiger partial charge in [0, 0.05) is 19.8 Å². The minimum atomic E-state index is 0.179. The Hall–Kier alpha value is -3.21. The molecule has 0 unspecified atom stereocenters. The van der Waals surface area contributed by atoms with Gasteiger partial charge in [0.2, 0.25) is 5.95 Å². The summed E-state index contributed by atoms with van der Waals surface area (Å²) in [5, 5.41) is 7.77. The van der Waals surface area contributed by atoms with Gasteiger partial charge in [-0.2, -0.15) is 0 Å². The molecule has 0 aliphatic rings. The zero-order chi connectivity index (χ0) is 17.8. The molecule has 2 aromatic carbocycles. The number of aryl methyl sites for hydroxylation is 1. The molecule has 5 nitrogen and oxygen atoms in total. The first kappa shape index (κ1) is 16.6. The van der Waals surface area contributed by atoms with Crippen molar-refractivity contribution in [3.63, 3.8) is 0 Å². The molecule has 0 saturated heterocycles. The Balaban J connectivity index is 1.96. The molecule has 5 heteroatoms. The van der Waals surface area contributed by atoms with E-state index in [0.717, 1.165) is 22.5 Å². The molecule has 0 aliphatic heterocycles. The van der Waals surface area contributed by atoms with E-state index in [4.69, 9.17) is 5.73 Å². The molecular formula is C20H21N5. The van der Waals surface area contributed by atoms with Crippen LogP contribution in [-0.4, -0.2) is 29.3 Å². The van der Waals surface area contributed by atoms with Gasteiger partial charge in [-0.3, -0.25) is 0 Å². The van der Waals surface area contributed by atoms with E-state index in [1.165, 1.54) is 11.3 Å². The molecule has 2 N–H and O–H groups in total. The van der Waals surface area contributed by atoms with Crippen LogP contribution < -0.4 is 10.6 Å². The Morgan fingerprint density at radius 1 is 0.920 bits per heavy atom. The van der Waals surface area contributed by atoms with E-state index in [9.17, 15) is 0 Å². The van der Waals surface area contributed by atoms with Crippen LogP contribution >= 0.6 is 0 Å². The van der Waals surface area contributed by atoms with Crippen LogP contribution in [0.3, 0.4) is 0 Å². The van der Waals surface area contributed by atoms with Crippen molar-refractivity contribution in [2.45, 2.75) is 6.92 Å². The van der Waals surface area contributed by atoms with E-state index in [1.807, 2.05) is 45.3 Å². The van der Waals surface area contributed by atoms with Crippen LogP contribution in [0, 0.1) is 6.92 Å². The summed E-state index contributed by atoms with van der Waals surface area (Å²) >= 11 is 0. The fourth-order valence-electron chi connectivity index (χ4n) is 2.58. The fourth-order valence-corrected chi connectivity index (χ4v) is 2.58. The van der Waals surface area contributed by atoms with E-state index in [1.54, 1.807) is 0 Å². The van der Waals surface area contributed by atoms with Gasteiger partial charge in [0.1, 0.15) is 0 Å². The highest BCUT2D eigenvalue weighted by Crippen LogP contribution is 2.27. The number of benzene rings is 2. The first-order valence-corrected chi connectivity index (χ1v) is 8.06. The molecule has 0 saturated carbocycles. The molecule has 25 heavy (non-hydrogen) atoms. The van der Waals surface area contributed by atoms with Crippen LogP contribution in [0.15, 0.2) is 48.5 Å². The van der Waals surface area contributed by atoms with Crippen molar-refractivity contribution in [1.29, 1.82) is 0 Å². The van der Waals surface area contributed by atoms with Gasteiger partial charge in [-0.15, -0.1) is 10.2 Å². The van der Waals surface area contributed by atoms with Gasteiger partial charge in [0.15, 0.2) is 0 Å². The minimum absolute atomic E-state index is 0.179. The first-order chi connectivity index (χ1) is 12.0. The maximum atomic E-state index is 5.63. The van der Waals surface area contributed by atoms with Crippen molar-refractivity contribution in [2.24, 2.45) is 0 Å². The molecule has 0 bridgehead atoms.